The second-order valence-electron chi connectivity index (χ2n) is 5.42. The summed E-state index contributed by atoms with van der Waals surface area (Å²) in [5.74, 6) is 0. The summed E-state index contributed by atoms with van der Waals surface area (Å²) in [5, 5.41) is 3.55. The zero-order valence-corrected chi connectivity index (χ0v) is 11.9. The lowest BCUT2D eigenvalue weighted by Gasteiger charge is -2.34. The molecule has 0 aliphatic heterocycles. The Morgan fingerprint density at radius 2 is 1.94 bits per heavy atom. The van der Waals surface area contributed by atoms with Crippen LogP contribution in [-0.2, 0) is 4.74 Å². The maximum Gasteiger partial charge on any atom is 0.0593 e. The van der Waals surface area contributed by atoms with Crippen LogP contribution in [0.1, 0.15) is 39.5 Å². The second-order valence-corrected chi connectivity index (χ2v) is 5.42. The van der Waals surface area contributed by atoms with E-state index in [9.17, 15) is 0 Å². The van der Waals surface area contributed by atoms with Crippen molar-refractivity contribution in [3.8, 4) is 0 Å². The summed E-state index contributed by atoms with van der Waals surface area (Å²) in [6.45, 7) is 10.5. The van der Waals surface area contributed by atoms with Gasteiger partial charge < -0.3 is 15.0 Å². The van der Waals surface area contributed by atoms with E-state index in [1.165, 1.54) is 38.8 Å². The van der Waals surface area contributed by atoms with Crippen LogP contribution in [-0.4, -0.2) is 51.3 Å². The SMILES string of the molecule is CCNCC1(CN(C)CCOCC)CCCC1. The van der Waals surface area contributed by atoms with Crippen LogP contribution in [0.5, 0.6) is 0 Å². The first-order valence-corrected chi connectivity index (χ1v) is 7.19. The van der Waals surface area contributed by atoms with Gasteiger partial charge in [0.15, 0.2) is 0 Å². The van der Waals surface area contributed by atoms with Crippen LogP contribution in [0.3, 0.4) is 0 Å². The Labute approximate surface area is 107 Å². The molecule has 1 aliphatic carbocycles. The van der Waals surface area contributed by atoms with Gasteiger partial charge in [0, 0.05) is 26.2 Å². The highest BCUT2D eigenvalue weighted by Gasteiger charge is 2.34. The van der Waals surface area contributed by atoms with Crippen molar-refractivity contribution in [1.82, 2.24) is 10.2 Å². The molecule has 0 amide bonds. The first-order valence-electron chi connectivity index (χ1n) is 7.19. The molecule has 0 aromatic rings. The van der Waals surface area contributed by atoms with E-state index < -0.39 is 0 Å². The number of hydrogen-bond donors (Lipinski definition) is 1. The number of rotatable bonds is 9. The Morgan fingerprint density at radius 3 is 2.53 bits per heavy atom. The summed E-state index contributed by atoms with van der Waals surface area (Å²) in [7, 11) is 2.23. The van der Waals surface area contributed by atoms with Crippen LogP contribution in [0.4, 0.5) is 0 Å². The number of nitrogens with zero attached hydrogens (tertiary/aromatic N) is 1. The predicted molar refractivity (Wildman–Crippen MR) is 73.4 cm³/mol. The van der Waals surface area contributed by atoms with Crippen LogP contribution < -0.4 is 5.32 Å². The molecule has 1 fully saturated rings. The Hall–Kier alpha value is -0.120. The Balaban J connectivity index is 2.32. The smallest absolute Gasteiger partial charge is 0.0593 e. The highest BCUT2D eigenvalue weighted by molar-refractivity contribution is 4.88. The molecule has 0 bridgehead atoms. The van der Waals surface area contributed by atoms with Gasteiger partial charge in [0.1, 0.15) is 0 Å². The molecule has 1 aliphatic rings. The monoisotopic (exact) mass is 242 g/mol. The summed E-state index contributed by atoms with van der Waals surface area (Å²) in [6, 6.07) is 0. The molecule has 0 saturated heterocycles. The molecule has 1 N–H and O–H groups in total. The third kappa shape index (κ3) is 5.36. The summed E-state index contributed by atoms with van der Waals surface area (Å²) in [5.41, 5.74) is 0.525. The molecule has 3 heteroatoms. The minimum Gasteiger partial charge on any atom is -0.380 e. The average molecular weight is 242 g/mol. The summed E-state index contributed by atoms with van der Waals surface area (Å²) in [4.78, 5) is 2.44. The van der Waals surface area contributed by atoms with Gasteiger partial charge in [-0.1, -0.05) is 19.8 Å². The third-order valence-electron chi connectivity index (χ3n) is 3.84. The quantitative estimate of drug-likeness (QED) is 0.627. The fourth-order valence-electron chi connectivity index (χ4n) is 2.92. The molecule has 0 radical (unpaired) electrons. The van der Waals surface area contributed by atoms with E-state index in [4.69, 9.17) is 4.74 Å². The third-order valence-corrected chi connectivity index (χ3v) is 3.84. The zero-order chi connectivity index (χ0) is 12.6. The zero-order valence-electron chi connectivity index (χ0n) is 11.9. The van der Waals surface area contributed by atoms with Crippen LogP contribution in [0.25, 0.3) is 0 Å². The van der Waals surface area contributed by atoms with Crippen molar-refractivity contribution in [2.24, 2.45) is 5.41 Å². The lowest BCUT2D eigenvalue weighted by molar-refractivity contribution is 0.100. The van der Waals surface area contributed by atoms with Crippen molar-refractivity contribution in [3.05, 3.63) is 0 Å². The van der Waals surface area contributed by atoms with E-state index in [1.54, 1.807) is 0 Å². The number of ether oxygens (including phenoxy) is 1. The normalized spacial score (nSPS) is 19.1. The maximum absolute atomic E-state index is 5.43. The van der Waals surface area contributed by atoms with Gasteiger partial charge in [0.2, 0.25) is 0 Å². The molecule has 0 heterocycles. The molecule has 0 spiro atoms. The molecule has 1 rings (SSSR count). The standard InChI is InChI=1S/C14H30N2O/c1-4-15-12-14(8-6-7-9-14)13-16(3)10-11-17-5-2/h15H,4-13H2,1-3H3. The minimum absolute atomic E-state index is 0.525. The van der Waals surface area contributed by atoms with E-state index in [1.807, 2.05) is 0 Å². The number of nitrogens with one attached hydrogen (secondary N) is 1. The van der Waals surface area contributed by atoms with E-state index in [-0.39, 0.29) is 0 Å². The van der Waals surface area contributed by atoms with E-state index in [0.29, 0.717) is 5.41 Å². The van der Waals surface area contributed by atoms with Crippen molar-refractivity contribution in [2.75, 3.05) is 46.4 Å². The molecule has 0 aromatic carbocycles. The van der Waals surface area contributed by atoms with Gasteiger partial charge in [-0.05, 0) is 38.8 Å². The summed E-state index contributed by atoms with van der Waals surface area (Å²) < 4.78 is 5.43. The second kappa shape index (κ2) is 8.06. The Morgan fingerprint density at radius 1 is 1.24 bits per heavy atom. The van der Waals surface area contributed by atoms with Gasteiger partial charge >= 0.3 is 0 Å². The van der Waals surface area contributed by atoms with Gasteiger partial charge in [-0.15, -0.1) is 0 Å². The molecule has 1 saturated carbocycles. The molecule has 102 valence electrons. The van der Waals surface area contributed by atoms with Crippen molar-refractivity contribution in [1.29, 1.82) is 0 Å². The molecule has 0 unspecified atom stereocenters. The van der Waals surface area contributed by atoms with Crippen LogP contribution in [0.2, 0.25) is 0 Å². The van der Waals surface area contributed by atoms with Crippen molar-refractivity contribution >= 4 is 0 Å². The minimum atomic E-state index is 0.525. The van der Waals surface area contributed by atoms with Crippen molar-refractivity contribution in [2.45, 2.75) is 39.5 Å². The molecule has 0 atom stereocenters. The maximum atomic E-state index is 5.43. The van der Waals surface area contributed by atoms with Crippen LogP contribution in [0.15, 0.2) is 0 Å². The first-order chi connectivity index (χ1) is 8.22. The van der Waals surface area contributed by atoms with Gasteiger partial charge in [-0.2, -0.15) is 0 Å². The van der Waals surface area contributed by atoms with Crippen molar-refractivity contribution in [3.63, 3.8) is 0 Å². The highest BCUT2D eigenvalue weighted by atomic mass is 16.5. The van der Waals surface area contributed by atoms with Crippen LogP contribution >= 0.6 is 0 Å². The predicted octanol–water partition coefficient (Wildman–Crippen LogP) is 2.12. The largest absolute Gasteiger partial charge is 0.380 e. The van der Waals surface area contributed by atoms with Crippen molar-refractivity contribution < 1.29 is 4.74 Å². The first kappa shape index (κ1) is 14.9. The van der Waals surface area contributed by atoms with E-state index >= 15 is 0 Å². The van der Waals surface area contributed by atoms with Gasteiger partial charge in [-0.25, -0.2) is 0 Å². The van der Waals surface area contributed by atoms with E-state index in [0.717, 1.165) is 26.3 Å². The van der Waals surface area contributed by atoms with E-state index in [2.05, 4.69) is 31.1 Å². The molecular weight excluding hydrogens is 212 g/mol. The van der Waals surface area contributed by atoms with Gasteiger partial charge in [-0.3, -0.25) is 0 Å². The Bertz CT molecular complexity index is 191. The average Bonchev–Trinajstić information content (AvgIpc) is 2.76. The van der Waals surface area contributed by atoms with Crippen LogP contribution in [0, 0.1) is 5.41 Å². The Kier molecular flexibility index (Phi) is 7.09. The lowest BCUT2D eigenvalue weighted by atomic mass is 9.85. The summed E-state index contributed by atoms with van der Waals surface area (Å²) in [6.07, 6.45) is 5.59. The summed E-state index contributed by atoms with van der Waals surface area (Å²) >= 11 is 0. The topological polar surface area (TPSA) is 24.5 Å². The highest BCUT2D eigenvalue weighted by Crippen LogP contribution is 2.38. The number of hydrogen-bond acceptors (Lipinski definition) is 3. The molecular formula is C14H30N2O. The molecule has 0 aromatic heterocycles. The fourth-order valence-corrected chi connectivity index (χ4v) is 2.92. The van der Waals surface area contributed by atoms with Gasteiger partial charge in [0.25, 0.3) is 0 Å². The van der Waals surface area contributed by atoms with Gasteiger partial charge in [0.05, 0.1) is 6.61 Å². The molecule has 3 nitrogen and oxygen atoms in total. The number of likely N-dealkylation sites (N-methyl/N-ethyl adjacent to an activating group) is 1. The lowest BCUT2D eigenvalue weighted by Crippen LogP contribution is -2.42. The molecule has 17 heavy (non-hydrogen) atoms. The fraction of sp³-hybridized carbons (Fsp3) is 1.00.